The molecule has 7 heteroatoms. The Morgan fingerprint density at radius 1 is 1.33 bits per heavy atom. The third kappa shape index (κ3) is 2.25. The van der Waals surface area contributed by atoms with Gasteiger partial charge in [0.25, 0.3) is 10.0 Å². The van der Waals surface area contributed by atoms with E-state index in [-0.39, 0.29) is 4.90 Å². The molecule has 0 fully saturated rings. The molecule has 0 spiro atoms. The summed E-state index contributed by atoms with van der Waals surface area (Å²) >= 11 is 0. The van der Waals surface area contributed by atoms with Crippen LogP contribution in [0.15, 0.2) is 29.2 Å². The molecule has 0 aliphatic rings. The molecule has 82 valence electrons. The van der Waals surface area contributed by atoms with E-state index in [1.54, 1.807) is 0 Å². The quantitative estimate of drug-likeness (QED) is 0.580. The topological polar surface area (TPSA) is 104 Å². The van der Waals surface area contributed by atoms with Crippen LogP contribution in [0.3, 0.4) is 0 Å². The molecule has 6 nitrogen and oxygen atoms in total. The Morgan fingerprint density at radius 2 is 1.80 bits per heavy atom. The summed E-state index contributed by atoms with van der Waals surface area (Å²) < 4.78 is 22.3. The molecular formula is C8H9N2O4S-. The van der Waals surface area contributed by atoms with Crippen LogP contribution >= 0.6 is 0 Å². The first kappa shape index (κ1) is 11.5. The van der Waals surface area contributed by atoms with E-state index in [1.165, 1.54) is 24.3 Å². The maximum Gasteiger partial charge on any atom is 0.256 e. The van der Waals surface area contributed by atoms with E-state index < -0.39 is 20.4 Å². The first-order chi connectivity index (χ1) is 6.85. The largest absolute Gasteiger partial charge is 0.742 e. The predicted molar refractivity (Wildman–Crippen MR) is 53.9 cm³/mol. The molecule has 0 aliphatic heterocycles. The van der Waals surface area contributed by atoms with Gasteiger partial charge in [0.15, 0.2) is 0 Å². The zero-order valence-corrected chi connectivity index (χ0v) is 8.69. The van der Waals surface area contributed by atoms with Crippen LogP contribution in [0.5, 0.6) is 0 Å². The second kappa shape index (κ2) is 3.87. The smallest absolute Gasteiger partial charge is 0.256 e. The lowest BCUT2D eigenvalue weighted by atomic mass is 10.3. The minimum Gasteiger partial charge on any atom is -0.742 e. The van der Waals surface area contributed by atoms with Crippen molar-refractivity contribution in [3.63, 3.8) is 0 Å². The summed E-state index contributed by atoms with van der Waals surface area (Å²) in [6.45, 7) is 0.877. The molecule has 0 bridgehead atoms. The lowest BCUT2D eigenvalue weighted by Gasteiger charge is -2.25. The summed E-state index contributed by atoms with van der Waals surface area (Å²) in [5, 5.41) is 11.0. The Morgan fingerprint density at radius 3 is 2.20 bits per heavy atom. The number of benzene rings is 1. The molecule has 0 aliphatic carbocycles. The third-order valence-corrected chi connectivity index (χ3v) is 3.21. The second-order valence-electron chi connectivity index (χ2n) is 2.82. The maximum absolute atomic E-state index is 11.4. The first-order valence-corrected chi connectivity index (χ1v) is 5.38. The molecular weight excluding hydrogens is 220 g/mol. The average molecular weight is 229 g/mol. The van der Waals surface area contributed by atoms with E-state index in [4.69, 9.17) is 5.73 Å². The minimum absolute atomic E-state index is 0.262. The van der Waals surface area contributed by atoms with Gasteiger partial charge in [-0.1, -0.05) is 0 Å². The lowest BCUT2D eigenvalue weighted by molar-refractivity contribution is -0.122. The molecule has 1 rings (SSSR count). The molecule has 0 aromatic heterocycles. The van der Waals surface area contributed by atoms with Gasteiger partial charge in [-0.2, -0.15) is 0 Å². The average Bonchev–Trinajstić information content (AvgIpc) is 2.17. The SMILES string of the molecule is CC(=O)N([O-])S(=O)(=O)c1ccc(N)cc1. The Labute approximate surface area is 86.9 Å². The molecule has 0 saturated heterocycles. The first-order valence-electron chi connectivity index (χ1n) is 3.94. The number of hydroxylamine groups is 1. The van der Waals surface area contributed by atoms with Gasteiger partial charge in [0, 0.05) is 12.6 Å². The van der Waals surface area contributed by atoms with Crippen molar-refractivity contribution in [3.8, 4) is 0 Å². The van der Waals surface area contributed by atoms with E-state index in [0.717, 1.165) is 6.92 Å². The number of hydrogen-bond donors (Lipinski definition) is 1. The number of nitrogen functional groups attached to an aromatic ring is 1. The van der Waals surface area contributed by atoms with Crippen LogP contribution in [-0.4, -0.2) is 18.8 Å². The Kier molecular flexibility index (Phi) is 2.96. The molecule has 0 unspecified atom stereocenters. The molecule has 1 aromatic carbocycles. The molecule has 1 amide bonds. The van der Waals surface area contributed by atoms with Crippen LogP contribution in [0, 0.1) is 5.21 Å². The number of amides is 1. The molecule has 0 heterocycles. The fourth-order valence-electron chi connectivity index (χ4n) is 0.905. The van der Waals surface area contributed by atoms with Crippen LogP contribution in [0.1, 0.15) is 6.92 Å². The van der Waals surface area contributed by atoms with Gasteiger partial charge in [-0.15, -0.1) is 0 Å². The van der Waals surface area contributed by atoms with Gasteiger partial charge in [0.05, 0.1) is 4.90 Å². The van der Waals surface area contributed by atoms with Crippen LogP contribution in [-0.2, 0) is 14.8 Å². The monoisotopic (exact) mass is 229 g/mol. The van der Waals surface area contributed by atoms with Crippen LogP contribution < -0.4 is 5.73 Å². The van der Waals surface area contributed by atoms with Crippen molar-refractivity contribution in [2.24, 2.45) is 0 Å². The summed E-state index contributed by atoms with van der Waals surface area (Å²) in [7, 11) is -4.28. The molecule has 2 N–H and O–H groups in total. The summed E-state index contributed by atoms with van der Waals surface area (Å²) in [5.41, 5.74) is 5.72. The zero-order valence-electron chi connectivity index (χ0n) is 7.88. The predicted octanol–water partition coefficient (Wildman–Crippen LogP) is 0.304. The number of rotatable bonds is 2. The van der Waals surface area contributed by atoms with E-state index in [2.05, 4.69) is 0 Å². The summed E-state index contributed by atoms with van der Waals surface area (Å²) in [5.74, 6) is -1.09. The Bertz CT molecular complexity index is 466. The number of carbonyl (C=O) groups is 1. The van der Waals surface area contributed by atoms with Crippen molar-refractivity contribution in [2.45, 2.75) is 11.8 Å². The highest BCUT2D eigenvalue weighted by atomic mass is 32.2. The normalized spacial score (nSPS) is 11.1. The Hall–Kier alpha value is -1.60. The van der Waals surface area contributed by atoms with Gasteiger partial charge in [0.1, 0.15) is 0 Å². The van der Waals surface area contributed by atoms with Crippen molar-refractivity contribution < 1.29 is 13.2 Å². The molecule has 0 radical (unpaired) electrons. The summed E-state index contributed by atoms with van der Waals surface area (Å²) in [6, 6.07) is 5.00. The van der Waals surface area contributed by atoms with Gasteiger partial charge in [-0.3, -0.25) is 4.79 Å². The fraction of sp³-hybridized carbons (Fsp3) is 0.125. The maximum atomic E-state index is 11.4. The van der Waals surface area contributed by atoms with Gasteiger partial charge < -0.3 is 15.4 Å². The molecule has 0 atom stereocenters. The number of nitrogens with zero attached hydrogens (tertiary/aromatic N) is 1. The van der Waals surface area contributed by atoms with Crippen molar-refractivity contribution in [1.29, 1.82) is 0 Å². The number of carbonyl (C=O) groups excluding carboxylic acids is 1. The second-order valence-corrected chi connectivity index (χ2v) is 4.57. The van der Waals surface area contributed by atoms with Gasteiger partial charge >= 0.3 is 0 Å². The van der Waals surface area contributed by atoms with Crippen LogP contribution in [0.2, 0.25) is 0 Å². The lowest BCUT2D eigenvalue weighted by Crippen LogP contribution is -2.29. The van der Waals surface area contributed by atoms with Crippen molar-refractivity contribution in [1.82, 2.24) is 4.47 Å². The molecule has 0 saturated carbocycles. The van der Waals surface area contributed by atoms with Crippen molar-refractivity contribution >= 4 is 21.6 Å². The van der Waals surface area contributed by atoms with E-state index in [9.17, 15) is 18.4 Å². The van der Waals surface area contributed by atoms with Gasteiger partial charge in [0.2, 0.25) is 5.91 Å². The standard InChI is InChI=1S/C8H9N2O4S/c1-6(11)10(12)15(13,14)8-4-2-7(9)3-5-8/h2-5H,9H2,1H3/q-1. The van der Waals surface area contributed by atoms with Crippen LogP contribution in [0.4, 0.5) is 5.69 Å². The number of anilines is 1. The van der Waals surface area contributed by atoms with Gasteiger partial charge in [-0.05, 0) is 24.3 Å². The van der Waals surface area contributed by atoms with Crippen molar-refractivity contribution in [2.75, 3.05) is 5.73 Å². The highest BCUT2D eigenvalue weighted by molar-refractivity contribution is 7.89. The molecule has 1 aromatic rings. The zero-order chi connectivity index (χ0) is 11.6. The van der Waals surface area contributed by atoms with E-state index >= 15 is 0 Å². The minimum atomic E-state index is -4.28. The van der Waals surface area contributed by atoms with Crippen molar-refractivity contribution in [3.05, 3.63) is 29.5 Å². The third-order valence-electron chi connectivity index (χ3n) is 1.65. The fourth-order valence-corrected chi connectivity index (χ4v) is 1.91. The van der Waals surface area contributed by atoms with Gasteiger partial charge in [-0.25, -0.2) is 8.42 Å². The Balaban J connectivity index is 3.17. The number of sulfonamides is 1. The summed E-state index contributed by atoms with van der Waals surface area (Å²) in [4.78, 5) is 10.4. The highest BCUT2D eigenvalue weighted by Gasteiger charge is 2.18. The number of hydrogen-bond acceptors (Lipinski definition) is 5. The molecule has 15 heavy (non-hydrogen) atoms. The summed E-state index contributed by atoms with van der Waals surface area (Å²) in [6.07, 6.45) is 0. The van der Waals surface area contributed by atoms with E-state index in [0.29, 0.717) is 5.69 Å². The number of nitrogens with two attached hydrogens (primary N) is 1. The van der Waals surface area contributed by atoms with E-state index in [1.807, 2.05) is 0 Å². The highest BCUT2D eigenvalue weighted by Crippen LogP contribution is 2.16. The van der Waals surface area contributed by atoms with Crippen LogP contribution in [0.25, 0.3) is 0 Å².